The second-order valence-corrected chi connectivity index (χ2v) is 16.3. The molecule has 0 spiro atoms. The zero-order valence-corrected chi connectivity index (χ0v) is 29.2. The first-order valence-corrected chi connectivity index (χ1v) is 19.6. The van der Waals surface area contributed by atoms with E-state index in [1.807, 2.05) is 16.4 Å². The van der Waals surface area contributed by atoms with E-state index in [0.717, 1.165) is 94.1 Å². The molecule has 1 N–H and O–H groups in total. The molecular weight excluding hydrogens is 580 g/mol. The molecule has 1 saturated heterocycles. The summed E-state index contributed by atoms with van der Waals surface area (Å²) in [6.45, 7) is 7.68. The van der Waals surface area contributed by atoms with E-state index in [2.05, 4.69) is 32.9 Å². The number of hydrogen-bond donors (Lipinski definition) is 1. The minimum atomic E-state index is -3.41. The molecule has 0 bridgehead atoms. The van der Waals surface area contributed by atoms with Crippen LogP contribution in [0.25, 0.3) is 0 Å². The lowest BCUT2D eigenvalue weighted by molar-refractivity contribution is 0.235. The fourth-order valence-electron chi connectivity index (χ4n) is 8.18. The number of sulfonamides is 1. The van der Waals surface area contributed by atoms with Gasteiger partial charge in [0.25, 0.3) is 0 Å². The Morgan fingerprint density at radius 1 is 0.933 bits per heavy atom. The van der Waals surface area contributed by atoms with E-state index in [1.165, 1.54) is 67.1 Å². The highest BCUT2D eigenvalue weighted by atomic mass is 32.2. The third-order valence-corrected chi connectivity index (χ3v) is 13.1. The number of halogens is 1. The van der Waals surface area contributed by atoms with Crippen LogP contribution < -0.4 is 0 Å². The molecule has 1 aliphatic heterocycles. The highest BCUT2D eigenvalue weighted by Crippen LogP contribution is 2.42. The summed E-state index contributed by atoms with van der Waals surface area (Å²) in [5.74, 6) is 1.14. The van der Waals surface area contributed by atoms with Gasteiger partial charge in [0.2, 0.25) is 10.0 Å². The fraction of sp³-hybridized carbons (Fsp3) is 0.667. The van der Waals surface area contributed by atoms with Gasteiger partial charge in [-0.05, 0) is 116 Å². The quantitative estimate of drug-likeness (QED) is 0.147. The molecule has 250 valence electrons. The Kier molecular flexibility index (Phi) is 14.1. The van der Waals surface area contributed by atoms with E-state index in [-0.39, 0.29) is 17.0 Å². The van der Waals surface area contributed by atoms with Gasteiger partial charge in [0, 0.05) is 25.2 Å². The second-order valence-electron chi connectivity index (χ2n) is 14.1. The van der Waals surface area contributed by atoms with Gasteiger partial charge in [-0.15, -0.1) is 0 Å². The van der Waals surface area contributed by atoms with Crippen molar-refractivity contribution in [3.05, 3.63) is 70.0 Å². The van der Waals surface area contributed by atoms with Gasteiger partial charge in [-0.1, -0.05) is 89.8 Å². The average molecular weight is 639 g/mol. The summed E-state index contributed by atoms with van der Waals surface area (Å²) >= 11 is 0. The number of nitrogens with zero attached hydrogens (tertiary/aromatic N) is 1. The van der Waals surface area contributed by atoms with E-state index in [9.17, 15) is 12.8 Å². The molecule has 1 heterocycles. The Labute approximate surface area is 274 Å². The van der Waals surface area contributed by atoms with Crippen molar-refractivity contribution < 1.29 is 12.8 Å². The van der Waals surface area contributed by atoms with Crippen LogP contribution in [0.5, 0.6) is 0 Å². The Balaban J connectivity index is 1.63. The van der Waals surface area contributed by atoms with Crippen molar-refractivity contribution in [2.75, 3.05) is 13.1 Å². The monoisotopic (exact) mass is 638 g/mol. The van der Waals surface area contributed by atoms with Crippen molar-refractivity contribution in [1.29, 1.82) is 5.41 Å². The van der Waals surface area contributed by atoms with Crippen LogP contribution in [0.3, 0.4) is 0 Å². The van der Waals surface area contributed by atoms with E-state index < -0.39 is 10.0 Å². The van der Waals surface area contributed by atoms with E-state index in [4.69, 9.17) is 5.41 Å². The Bertz CT molecular complexity index is 1300. The second kappa shape index (κ2) is 17.8. The van der Waals surface area contributed by atoms with Gasteiger partial charge in [0.15, 0.2) is 0 Å². The number of nitrogens with one attached hydrogen (secondary N) is 1. The molecule has 2 fully saturated rings. The van der Waals surface area contributed by atoms with Crippen molar-refractivity contribution in [1.82, 2.24) is 4.31 Å². The fourth-order valence-corrected chi connectivity index (χ4v) is 10.4. The van der Waals surface area contributed by atoms with Crippen molar-refractivity contribution in [2.45, 2.75) is 141 Å². The zero-order valence-electron chi connectivity index (χ0n) is 28.3. The summed E-state index contributed by atoms with van der Waals surface area (Å²) in [5.41, 5.74) is 5.73. The van der Waals surface area contributed by atoms with Gasteiger partial charge in [-0.2, -0.15) is 0 Å². The first-order chi connectivity index (χ1) is 21.8. The first-order valence-electron chi connectivity index (χ1n) is 18.1. The molecule has 2 unspecified atom stereocenters. The Morgan fingerprint density at radius 2 is 1.67 bits per heavy atom. The van der Waals surface area contributed by atoms with Crippen molar-refractivity contribution in [2.24, 2.45) is 11.8 Å². The van der Waals surface area contributed by atoms with Crippen molar-refractivity contribution >= 4 is 16.2 Å². The molecule has 45 heavy (non-hydrogen) atoms. The molecule has 2 aliphatic rings. The standard InChI is InChI=1S/C39H59FN2O2S/c1-4-6-7-19-37(13-5-2)45(43,44)42-24-11-10-17-34(26-32-14-8-9-15-32)39(29-42)38-27-35(28-41)33(25-30(38)3)18-12-16-31-20-22-36(40)23-21-31/h20-23,25,27-28,32,34,37,39,41H,4-19,24,26,29H2,1-3H3/t34?,37?,39-/m1/s1. The van der Waals surface area contributed by atoms with Crippen LogP contribution in [0.1, 0.15) is 144 Å². The number of hydrogen-bond acceptors (Lipinski definition) is 3. The lowest BCUT2D eigenvalue weighted by Crippen LogP contribution is -2.44. The predicted molar refractivity (Wildman–Crippen MR) is 187 cm³/mol. The molecule has 0 aromatic heterocycles. The topological polar surface area (TPSA) is 61.2 Å². The van der Waals surface area contributed by atoms with Crippen molar-refractivity contribution in [3.8, 4) is 0 Å². The zero-order chi connectivity index (χ0) is 32.2. The molecule has 2 aromatic rings. The summed E-state index contributed by atoms with van der Waals surface area (Å²) in [5, 5.41) is 8.06. The normalized spacial score (nSPS) is 21.0. The van der Waals surface area contributed by atoms with Gasteiger partial charge in [0.05, 0.1) is 5.25 Å². The summed E-state index contributed by atoms with van der Waals surface area (Å²) in [4.78, 5) is 0. The predicted octanol–water partition coefficient (Wildman–Crippen LogP) is 10.2. The lowest BCUT2D eigenvalue weighted by atomic mass is 9.74. The van der Waals surface area contributed by atoms with Crippen LogP contribution in [-0.4, -0.2) is 37.3 Å². The van der Waals surface area contributed by atoms with Crippen molar-refractivity contribution in [3.63, 3.8) is 0 Å². The van der Waals surface area contributed by atoms with Gasteiger partial charge in [0.1, 0.15) is 5.82 Å². The van der Waals surface area contributed by atoms with Crippen LogP contribution in [0.2, 0.25) is 0 Å². The smallest absolute Gasteiger partial charge is 0.216 e. The van der Waals surface area contributed by atoms with Crippen LogP contribution in [0.4, 0.5) is 4.39 Å². The minimum absolute atomic E-state index is 0.144. The third-order valence-electron chi connectivity index (χ3n) is 10.7. The largest absolute Gasteiger partial charge is 0.308 e. The average Bonchev–Trinajstić information content (AvgIpc) is 3.53. The maximum atomic E-state index is 14.3. The summed E-state index contributed by atoms with van der Waals surface area (Å²) < 4.78 is 44.0. The molecular formula is C39H59FN2O2S. The number of unbranched alkanes of at least 4 members (excludes halogenated alkanes) is 2. The van der Waals surface area contributed by atoms with Crippen LogP contribution in [0.15, 0.2) is 36.4 Å². The molecule has 6 heteroatoms. The van der Waals surface area contributed by atoms with Gasteiger partial charge in [-0.3, -0.25) is 0 Å². The summed E-state index contributed by atoms with van der Waals surface area (Å²) in [6.07, 6.45) is 19.3. The maximum Gasteiger partial charge on any atom is 0.216 e. The number of benzene rings is 2. The molecule has 1 saturated carbocycles. The highest BCUT2D eigenvalue weighted by molar-refractivity contribution is 7.89. The van der Waals surface area contributed by atoms with E-state index in [0.29, 0.717) is 19.0 Å². The van der Waals surface area contributed by atoms with E-state index in [1.54, 1.807) is 0 Å². The Morgan fingerprint density at radius 3 is 2.36 bits per heavy atom. The summed E-state index contributed by atoms with van der Waals surface area (Å²) in [6, 6.07) is 11.3. The third kappa shape index (κ3) is 9.97. The summed E-state index contributed by atoms with van der Waals surface area (Å²) in [7, 11) is -3.41. The van der Waals surface area contributed by atoms with Gasteiger partial charge >= 0.3 is 0 Å². The van der Waals surface area contributed by atoms with E-state index >= 15 is 0 Å². The lowest BCUT2D eigenvalue weighted by Gasteiger charge is -2.38. The number of aryl methyl sites for hydroxylation is 3. The SMILES string of the molecule is CCCCCC(CCC)S(=O)(=O)N1CCCCC(CC2CCCC2)[C@H](c2cc(C=N)c(CCCc3ccc(F)cc3)cc2C)C1. The van der Waals surface area contributed by atoms with Crippen LogP contribution in [0, 0.1) is 30.0 Å². The van der Waals surface area contributed by atoms with Crippen LogP contribution in [-0.2, 0) is 22.9 Å². The minimum Gasteiger partial charge on any atom is -0.308 e. The number of rotatable bonds is 16. The molecule has 3 atom stereocenters. The van der Waals surface area contributed by atoms with Gasteiger partial charge < -0.3 is 5.41 Å². The molecule has 4 nitrogen and oxygen atoms in total. The first kappa shape index (κ1) is 35.8. The molecule has 0 radical (unpaired) electrons. The highest BCUT2D eigenvalue weighted by Gasteiger charge is 2.37. The molecule has 1 aliphatic carbocycles. The maximum absolute atomic E-state index is 14.3. The van der Waals surface area contributed by atoms with Crippen LogP contribution >= 0.6 is 0 Å². The molecule has 0 amide bonds. The molecule has 2 aromatic carbocycles. The van der Waals surface area contributed by atoms with Gasteiger partial charge in [-0.25, -0.2) is 17.1 Å². The Hall–Kier alpha value is -2.05. The molecule has 4 rings (SSSR count).